The molecule has 0 aliphatic heterocycles. The molecular weight excluding hydrogens is 304 g/mol. The number of benzene rings is 1. The number of aromatic nitrogens is 2. The summed E-state index contributed by atoms with van der Waals surface area (Å²) < 4.78 is 26.7. The summed E-state index contributed by atoms with van der Waals surface area (Å²) in [6, 6.07) is 8.14. The van der Waals surface area contributed by atoms with E-state index >= 15 is 0 Å². The largest absolute Gasteiger partial charge is 0.330 e. The Labute approximate surface area is 128 Å². The number of rotatable bonds is 5. The zero-order chi connectivity index (χ0) is 16.3. The van der Waals surface area contributed by atoms with Crippen molar-refractivity contribution in [1.82, 2.24) is 9.13 Å². The fourth-order valence-electron chi connectivity index (χ4n) is 2.25. The topological polar surface area (TPSA) is 78.1 Å². The molecule has 0 N–H and O–H groups in total. The van der Waals surface area contributed by atoms with Crippen LogP contribution in [0.3, 0.4) is 0 Å². The van der Waals surface area contributed by atoms with Gasteiger partial charge in [-0.3, -0.25) is 9.36 Å². The average molecular weight is 322 g/mol. The molecule has 0 amide bonds. The van der Waals surface area contributed by atoms with Gasteiger partial charge in [0.25, 0.3) is 5.56 Å². The van der Waals surface area contributed by atoms with Crippen molar-refractivity contribution in [2.45, 2.75) is 24.8 Å². The van der Waals surface area contributed by atoms with Gasteiger partial charge in [0, 0.05) is 25.4 Å². The van der Waals surface area contributed by atoms with Gasteiger partial charge in [-0.2, -0.15) is 0 Å². The second-order valence-corrected chi connectivity index (χ2v) is 7.26. The first-order chi connectivity index (χ1) is 10.3. The Morgan fingerprint density at radius 1 is 1.09 bits per heavy atom. The minimum atomic E-state index is -3.40. The van der Waals surface area contributed by atoms with Gasteiger partial charge in [0.1, 0.15) is 0 Å². The van der Waals surface area contributed by atoms with E-state index < -0.39 is 15.5 Å². The van der Waals surface area contributed by atoms with Crippen LogP contribution in [0.1, 0.15) is 12.0 Å². The van der Waals surface area contributed by atoms with Crippen LogP contribution >= 0.6 is 0 Å². The zero-order valence-corrected chi connectivity index (χ0v) is 13.3. The van der Waals surface area contributed by atoms with Crippen molar-refractivity contribution in [3.63, 3.8) is 0 Å². The molecule has 0 unspecified atom stereocenters. The summed E-state index contributed by atoms with van der Waals surface area (Å²) in [4.78, 5) is 24.2. The maximum absolute atomic E-state index is 12.2. The molecule has 118 valence electrons. The van der Waals surface area contributed by atoms with Crippen molar-refractivity contribution >= 4 is 9.84 Å². The molecule has 0 spiro atoms. The van der Waals surface area contributed by atoms with E-state index in [2.05, 4.69) is 0 Å². The van der Waals surface area contributed by atoms with Gasteiger partial charge in [0.15, 0.2) is 9.84 Å². The fourth-order valence-corrected chi connectivity index (χ4v) is 3.56. The number of sulfone groups is 1. The molecule has 0 atom stereocenters. The predicted octanol–water partition coefficient (Wildman–Crippen LogP) is 0.719. The van der Waals surface area contributed by atoms with Crippen LogP contribution in [0.15, 0.2) is 51.0 Å². The molecule has 0 aliphatic rings. The zero-order valence-electron chi connectivity index (χ0n) is 12.5. The summed E-state index contributed by atoms with van der Waals surface area (Å²) in [5.41, 5.74) is -0.360. The van der Waals surface area contributed by atoms with Gasteiger partial charge in [0.2, 0.25) is 0 Å². The van der Waals surface area contributed by atoms with Crippen LogP contribution < -0.4 is 11.2 Å². The molecule has 2 rings (SSSR count). The molecule has 22 heavy (non-hydrogen) atoms. The van der Waals surface area contributed by atoms with Crippen LogP contribution in [0.25, 0.3) is 0 Å². The van der Waals surface area contributed by atoms with Crippen molar-refractivity contribution < 1.29 is 8.42 Å². The van der Waals surface area contributed by atoms with Crippen LogP contribution in [-0.4, -0.2) is 23.3 Å². The van der Waals surface area contributed by atoms with Crippen molar-refractivity contribution in [2.24, 2.45) is 7.05 Å². The van der Waals surface area contributed by atoms with Gasteiger partial charge in [0.05, 0.1) is 10.6 Å². The lowest BCUT2D eigenvalue weighted by molar-refractivity contribution is 0.561. The Morgan fingerprint density at radius 3 is 2.36 bits per heavy atom. The van der Waals surface area contributed by atoms with Crippen molar-refractivity contribution in [1.29, 1.82) is 0 Å². The third-order valence-electron chi connectivity index (χ3n) is 3.40. The molecule has 0 saturated carbocycles. The lowest BCUT2D eigenvalue weighted by atomic mass is 10.3. The van der Waals surface area contributed by atoms with Gasteiger partial charge in [-0.05, 0) is 25.5 Å². The standard InChI is InChI=1S/C15H18N2O4S/c1-12-11-16(2)15(19)17(14(12)18)9-6-10-22(20,21)13-7-4-3-5-8-13/h3-5,7-8,11H,6,9-10H2,1-2H3. The monoisotopic (exact) mass is 322 g/mol. The number of hydrogen-bond acceptors (Lipinski definition) is 4. The van der Waals surface area contributed by atoms with E-state index in [1.807, 2.05) is 0 Å². The van der Waals surface area contributed by atoms with Gasteiger partial charge in [-0.15, -0.1) is 0 Å². The number of hydrogen-bond donors (Lipinski definition) is 0. The third-order valence-corrected chi connectivity index (χ3v) is 5.22. The van der Waals surface area contributed by atoms with E-state index in [0.717, 1.165) is 4.57 Å². The highest BCUT2D eigenvalue weighted by Crippen LogP contribution is 2.11. The Morgan fingerprint density at radius 2 is 1.73 bits per heavy atom. The molecule has 1 aromatic carbocycles. The summed E-state index contributed by atoms with van der Waals surface area (Å²) in [5, 5.41) is 0. The molecule has 0 fully saturated rings. The van der Waals surface area contributed by atoms with Crippen LogP contribution in [0.4, 0.5) is 0 Å². The average Bonchev–Trinajstić information content (AvgIpc) is 2.49. The Balaban J connectivity index is 2.16. The quantitative estimate of drug-likeness (QED) is 0.812. The van der Waals surface area contributed by atoms with Crippen LogP contribution in [0, 0.1) is 6.92 Å². The molecule has 0 bridgehead atoms. The summed E-state index contributed by atoms with van der Waals surface area (Å²) in [5.74, 6) is -0.111. The predicted molar refractivity (Wildman–Crippen MR) is 83.8 cm³/mol. The highest BCUT2D eigenvalue weighted by molar-refractivity contribution is 7.91. The minimum absolute atomic E-state index is 0.0826. The summed E-state index contributed by atoms with van der Waals surface area (Å²) >= 11 is 0. The molecular formula is C15H18N2O4S. The number of aryl methyl sites for hydroxylation is 2. The molecule has 0 radical (unpaired) electrons. The van der Waals surface area contributed by atoms with Crippen LogP contribution in [0.2, 0.25) is 0 Å². The molecule has 0 saturated heterocycles. The number of nitrogens with zero attached hydrogens (tertiary/aromatic N) is 2. The molecule has 1 aromatic heterocycles. The van der Waals surface area contributed by atoms with E-state index in [0.29, 0.717) is 5.56 Å². The van der Waals surface area contributed by atoms with E-state index in [9.17, 15) is 18.0 Å². The SMILES string of the molecule is Cc1cn(C)c(=O)n(CCCS(=O)(=O)c2ccccc2)c1=O. The molecule has 2 aromatic rings. The van der Waals surface area contributed by atoms with Gasteiger partial charge >= 0.3 is 5.69 Å². The van der Waals surface area contributed by atoms with Crippen LogP contribution in [-0.2, 0) is 23.4 Å². The summed E-state index contributed by atoms with van der Waals surface area (Å²) in [6.45, 7) is 1.71. The second-order valence-electron chi connectivity index (χ2n) is 5.15. The summed E-state index contributed by atoms with van der Waals surface area (Å²) in [6.07, 6.45) is 1.68. The molecule has 6 nitrogen and oxygen atoms in total. The van der Waals surface area contributed by atoms with Crippen molar-refractivity contribution in [3.8, 4) is 0 Å². The van der Waals surface area contributed by atoms with Gasteiger partial charge in [-0.1, -0.05) is 18.2 Å². The highest BCUT2D eigenvalue weighted by atomic mass is 32.2. The van der Waals surface area contributed by atoms with Gasteiger partial charge < -0.3 is 4.57 Å². The minimum Gasteiger partial charge on any atom is -0.303 e. The second kappa shape index (κ2) is 6.31. The van der Waals surface area contributed by atoms with E-state index in [4.69, 9.17) is 0 Å². The maximum atomic E-state index is 12.2. The normalized spacial score (nSPS) is 11.5. The third kappa shape index (κ3) is 3.36. The van der Waals surface area contributed by atoms with Gasteiger partial charge in [-0.25, -0.2) is 13.2 Å². The summed E-state index contributed by atoms with van der Waals surface area (Å²) in [7, 11) is -1.84. The first-order valence-corrected chi connectivity index (χ1v) is 8.53. The van der Waals surface area contributed by atoms with Crippen molar-refractivity contribution in [3.05, 3.63) is 62.9 Å². The lowest BCUT2D eigenvalue weighted by Crippen LogP contribution is -2.40. The highest BCUT2D eigenvalue weighted by Gasteiger charge is 2.14. The Kier molecular flexibility index (Phi) is 4.65. The van der Waals surface area contributed by atoms with Crippen LogP contribution in [0.5, 0.6) is 0 Å². The first-order valence-electron chi connectivity index (χ1n) is 6.88. The molecule has 0 aliphatic carbocycles. The van der Waals surface area contributed by atoms with E-state index in [1.54, 1.807) is 32.2 Å². The fraction of sp³-hybridized carbons (Fsp3) is 0.333. The Hall–Kier alpha value is -2.15. The Bertz CT molecular complexity index is 846. The molecule has 7 heteroatoms. The van der Waals surface area contributed by atoms with E-state index in [-0.39, 0.29) is 29.2 Å². The molecule has 1 heterocycles. The lowest BCUT2D eigenvalue weighted by Gasteiger charge is -2.09. The van der Waals surface area contributed by atoms with Crippen molar-refractivity contribution in [2.75, 3.05) is 5.75 Å². The smallest absolute Gasteiger partial charge is 0.303 e. The van der Waals surface area contributed by atoms with E-state index in [1.165, 1.54) is 22.9 Å². The first kappa shape index (κ1) is 16.2. The maximum Gasteiger partial charge on any atom is 0.330 e.